The Labute approximate surface area is 137 Å². The van der Waals surface area contributed by atoms with Crippen LogP contribution in [0.5, 0.6) is 0 Å². The molecule has 3 aromatic rings. The van der Waals surface area contributed by atoms with E-state index in [0.29, 0.717) is 5.56 Å². The van der Waals surface area contributed by atoms with Gasteiger partial charge in [0, 0.05) is 5.56 Å². The van der Waals surface area contributed by atoms with Crippen molar-refractivity contribution >= 4 is 0 Å². The molecule has 0 nitrogen and oxygen atoms in total. The van der Waals surface area contributed by atoms with Crippen molar-refractivity contribution in [2.75, 3.05) is 0 Å². The van der Waals surface area contributed by atoms with Crippen molar-refractivity contribution in [1.29, 1.82) is 0 Å². The summed E-state index contributed by atoms with van der Waals surface area (Å²) in [6.07, 6.45) is 1.80. The van der Waals surface area contributed by atoms with Gasteiger partial charge in [-0.2, -0.15) is 0 Å². The van der Waals surface area contributed by atoms with Crippen LogP contribution < -0.4 is 0 Å². The van der Waals surface area contributed by atoms with Crippen LogP contribution in [-0.2, 0) is 12.8 Å². The Morgan fingerprint density at radius 2 is 1.39 bits per heavy atom. The maximum atomic E-state index is 14.5. The van der Waals surface area contributed by atoms with E-state index < -0.39 is 0 Å². The summed E-state index contributed by atoms with van der Waals surface area (Å²) < 4.78 is 14.5. The molecule has 3 rings (SSSR count). The quantitative estimate of drug-likeness (QED) is 0.558. The number of aryl methyl sites for hydroxylation is 2. The summed E-state index contributed by atoms with van der Waals surface area (Å²) in [4.78, 5) is 0. The number of benzene rings is 3. The highest BCUT2D eigenvalue weighted by Crippen LogP contribution is 2.27. The smallest absolute Gasteiger partial charge is 0.131 e. The fourth-order valence-corrected chi connectivity index (χ4v) is 2.89. The Bertz CT molecular complexity index is 800. The zero-order chi connectivity index (χ0) is 16.2. The molecule has 0 N–H and O–H groups in total. The lowest BCUT2D eigenvalue weighted by Crippen LogP contribution is -1.93. The molecule has 0 saturated carbocycles. The summed E-state index contributed by atoms with van der Waals surface area (Å²) in [6.45, 7) is 4.16. The predicted molar refractivity (Wildman–Crippen MR) is 95.2 cm³/mol. The zero-order valence-electron chi connectivity index (χ0n) is 13.6. The van der Waals surface area contributed by atoms with E-state index in [1.165, 1.54) is 11.1 Å². The molecule has 0 spiro atoms. The summed E-state index contributed by atoms with van der Waals surface area (Å²) in [7, 11) is 0. The van der Waals surface area contributed by atoms with Crippen LogP contribution >= 0.6 is 0 Å². The van der Waals surface area contributed by atoms with Gasteiger partial charge in [0.05, 0.1) is 0 Å². The fourth-order valence-electron chi connectivity index (χ4n) is 2.89. The van der Waals surface area contributed by atoms with Gasteiger partial charge in [0.2, 0.25) is 0 Å². The van der Waals surface area contributed by atoms with Gasteiger partial charge in [-0.1, -0.05) is 67.6 Å². The lowest BCUT2D eigenvalue weighted by Gasteiger charge is -2.09. The molecule has 0 fully saturated rings. The molecule has 0 aliphatic rings. The van der Waals surface area contributed by atoms with Gasteiger partial charge in [-0.25, -0.2) is 4.39 Å². The van der Waals surface area contributed by atoms with E-state index in [2.05, 4.69) is 31.2 Å². The van der Waals surface area contributed by atoms with Gasteiger partial charge >= 0.3 is 0 Å². The van der Waals surface area contributed by atoms with Gasteiger partial charge in [0.15, 0.2) is 0 Å². The monoisotopic (exact) mass is 304 g/mol. The highest BCUT2D eigenvalue weighted by Gasteiger charge is 2.08. The van der Waals surface area contributed by atoms with Crippen LogP contribution in [0.1, 0.15) is 29.2 Å². The summed E-state index contributed by atoms with van der Waals surface area (Å²) in [5.74, 6) is -0.151. The Balaban J connectivity index is 1.85. The van der Waals surface area contributed by atoms with Crippen LogP contribution in [-0.4, -0.2) is 0 Å². The van der Waals surface area contributed by atoms with E-state index in [9.17, 15) is 4.39 Å². The summed E-state index contributed by atoms with van der Waals surface area (Å²) >= 11 is 0. The molecular weight excluding hydrogens is 283 g/mol. The largest absolute Gasteiger partial charge is 0.206 e. The van der Waals surface area contributed by atoms with E-state index in [1.54, 1.807) is 6.07 Å². The molecule has 0 amide bonds. The highest BCUT2D eigenvalue weighted by molar-refractivity contribution is 5.68. The lowest BCUT2D eigenvalue weighted by atomic mass is 9.97. The minimum atomic E-state index is -0.151. The maximum absolute atomic E-state index is 14.5. The molecule has 23 heavy (non-hydrogen) atoms. The molecule has 0 saturated heterocycles. The van der Waals surface area contributed by atoms with E-state index in [4.69, 9.17) is 0 Å². The minimum absolute atomic E-state index is 0.151. The fraction of sp³-hybridized carbons (Fsp3) is 0.182. The molecule has 116 valence electrons. The van der Waals surface area contributed by atoms with Crippen molar-refractivity contribution < 1.29 is 4.39 Å². The van der Waals surface area contributed by atoms with Gasteiger partial charge in [0.1, 0.15) is 5.82 Å². The molecule has 0 bridgehead atoms. The van der Waals surface area contributed by atoms with Gasteiger partial charge in [-0.3, -0.25) is 0 Å². The van der Waals surface area contributed by atoms with Gasteiger partial charge in [-0.15, -0.1) is 0 Å². The third kappa shape index (κ3) is 3.50. The van der Waals surface area contributed by atoms with Crippen molar-refractivity contribution in [3.8, 4) is 11.1 Å². The first-order valence-electron chi connectivity index (χ1n) is 8.09. The first kappa shape index (κ1) is 15.5. The van der Waals surface area contributed by atoms with Gasteiger partial charge in [0.25, 0.3) is 0 Å². The Hall–Kier alpha value is -2.41. The number of rotatable bonds is 4. The molecule has 3 aromatic carbocycles. The molecule has 0 unspecified atom stereocenters. The molecule has 0 radical (unpaired) electrons. The maximum Gasteiger partial charge on any atom is 0.131 e. The van der Waals surface area contributed by atoms with E-state index in [0.717, 1.165) is 29.5 Å². The molecule has 0 aliphatic heterocycles. The molecule has 0 heterocycles. The van der Waals surface area contributed by atoms with Gasteiger partial charge in [-0.05, 0) is 53.6 Å². The Morgan fingerprint density at radius 3 is 2.04 bits per heavy atom. The summed E-state index contributed by atoms with van der Waals surface area (Å²) in [5.41, 5.74) is 6.27. The second kappa shape index (κ2) is 6.78. The van der Waals surface area contributed by atoms with Crippen LogP contribution in [0.15, 0.2) is 66.7 Å². The van der Waals surface area contributed by atoms with Crippen molar-refractivity contribution in [3.63, 3.8) is 0 Å². The van der Waals surface area contributed by atoms with Crippen LogP contribution in [0, 0.1) is 12.7 Å². The minimum Gasteiger partial charge on any atom is -0.206 e. The van der Waals surface area contributed by atoms with E-state index in [-0.39, 0.29) is 5.82 Å². The lowest BCUT2D eigenvalue weighted by molar-refractivity contribution is 0.629. The average molecular weight is 304 g/mol. The topological polar surface area (TPSA) is 0 Å². The average Bonchev–Trinajstić information content (AvgIpc) is 2.57. The van der Waals surface area contributed by atoms with Gasteiger partial charge < -0.3 is 0 Å². The third-order valence-electron chi connectivity index (χ3n) is 4.31. The van der Waals surface area contributed by atoms with Crippen LogP contribution in [0.25, 0.3) is 11.1 Å². The highest BCUT2D eigenvalue weighted by atomic mass is 19.1. The predicted octanol–water partition coefficient (Wildman–Crippen LogP) is 5.95. The van der Waals surface area contributed by atoms with Crippen molar-refractivity contribution in [2.45, 2.75) is 26.7 Å². The second-order valence-corrected chi connectivity index (χ2v) is 5.98. The summed E-state index contributed by atoms with van der Waals surface area (Å²) in [5, 5.41) is 0. The Morgan fingerprint density at radius 1 is 0.739 bits per heavy atom. The number of hydrogen-bond acceptors (Lipinski definition) is 0. The third-order valence-corrected chi connectivity index (χ3v) is 4.31. The summed E-state index contributed by atoms with van der Waals surface area (Å²) in [6, 6.07) is 22.0. The molecule has 0 atom stereocenters. The molecular formula is C22H21F. The van der Waals surface area contributed by atoms with Crippen molar-refractivity contribution in [2.24, 2.45) is 0 Å². The first-order valence-corrected chi connectivity index (χ1v) is 8.09. The van der Waals surface area contributed by atoms with E-state index in [1.807, 2.05) is 43.3 Å². The van der Waals surface area contributed by atoms with Crippen LogP contribution in [0.4, 0.5) is 4.39 Å². The first-order chi connectivity index (χ1) is 11.2. The Kier molecular flexibility index (Phi) is 4.57. The number of halogens is 1. The molecule has 0 aromatic heterocycles. The second-order valence-electron chi connectivity index (χ2n) is 5.98. The van der Waals surface area contributed by atoms with Crippen molar-refractivity contribution in [1.82, 2.24) is 0 Å². The normalized spacial score (nSPS) is 10.7. The van der Waals surface area contributed by atoms with Crippen LogP contribution in [0.2, 0.25) is 0 Å². The molecule has 0 aliphatic carbocycles. The standard InChI is InChI=1S/C22H21F/c1-3-17-8-10-18(11-9-17)14-19-12-13-21(22(23)15-19)20-7-5-4-6-16(20)2/h4-13,15H,3,14H2,1-2H3. The van der Waals surface area contributed by atoms with Crippen molar-refractivity contribution in [3.05, 3.63) is 94.8 Å². The van der Waals surface area contributed by atoms with Crippen LogP contribution in [0.3, 0.4) is 0 Å². The number of hydrogen-bond donors (Lipinski definition) is 0. The zero-order valence-corrected chi connectivity index (χ0v) is 13.6. The molecule has 1 heteroatoms. The van der Waals surface area contributed by atoms with E-state index >= 15 is 0 Å². The SMILES string of the molecule is CCc1ccc(Cc2ccc(-c3ccccc3C)c(F)c2)cc1.